The highest BCUT2D eigenvalue weighted by molar-refractivity contribution is 5.94. The Morgan fingerprint density at radius 3 is 2.41 bits per heavy atom. The predicted octanol–water partition coefficient (Wildman–Crippen LogP) is 4.25. The molecule has 0 radical (unpaired) electrons. The molecule has 29 heavy (non-hydrogen) atoms. The van der Waals surface area contributed by atoms with Gasteiger partial charge in [0.25, 0.3) is 0 Å². The quantitative estimate of drug-likeness (QED) is 0.462. The Hall–Kier alpha value is -2.73. The van der Waals surface area contributed by atoms with E-state index in [0.29, 0.717) is 37.5 Å². The summed E-state index contributed by atoms with van der Waals surface area (Å²) in [5.74, 6) is 1.81. The average Bonchev–Trinajstić information content (AvgIpc) is 2.69. The summed E-state index contributed by atoms with van der Waals surface area (Å²) >= 11 is 0. The molecule has 3 N–H and O–H groups in total. The van der Waals surface area contributed by atoms with Gasteiger partial charge in [-0.15, -0.1) is 0 Å². The Labute approximate surface area is 174 Å². The number of nitrogens with one attached hydrogen (secondary N) is 1. The van der Waals surface area contributed by atoms with Crippen LogP contribution >= 0.6 is 0 Å². The molecule has 2 rings (SSSR count). The Bertz CT molecular complexity index is 805. The number of hydrogen-bond acceptors (Lipinski definition) is 4. The van der Waals surface area contributed by atoms with E-state index in [4.69, 9.17) is 15.2 Å². The fourth-order valence-electron chi connectivity index (χ4n) is 2.81. The smallest absolute Gasteiger partial charge is 0.193 e. The molecule has 0 saturated carbocycles. The number of nitrogens with zero attached hydrogens (tertiary/aromatic N) is 2. The molecular weight excluding hydrogens is 364 g/mol. The maximum atomic E-state index is 6.17. The third-order valence-electron chi connectivity index (χ3n) is 4.66. The number of hydrogen-bond donors (Lipinski definition) is 2. The minimum atomic E-state index is 0.339. The zero-order valence-corrected chi connectivity index (χ0v) is 18.2. The van der Waals surface area contributed by atoms with Crippen molar-refractivity contribution in [2.75, 3.05) is 25.6 Å². The molecule has 6 nitrogen and oxygen atoms in total. The number of ether oxygens (including phenoxy) is 2. The fourth-order valence-corrected chi connectivity index (χ4v) is 2.81. The highest BCUT2D eigenvalue weighted by Gasteiger charge is 2.09. The zero-order chi connectivity index (χ0) is 21.2. The van der Waals surface area contributed by atoms with Gasteiger partial charge in [-0.1, -0.05) is 24.3 Å². The molecule has 0 spiro atoms. The van der Waals surface area contributed by atoms with Crippen molar-refractivity contribution in [3.05, 3.63) is 53.6 Å². The Morgan fingerprint density at radius 1 is 1.07 bits per heavy atom. The molecule has 0 amide bonds. The number of aliphatic imine (C=N–C) groups is 1. The van der Waals surface area contributed by atoms with Crippen molar-refractivity contribution in [3.8, 4) is 11.5 Å². The zero-order valence-electron chi connectivity index (χ0n) is 18.2. The van der Waals surface area contributed by atoms with Crippen LogP contribution in [0, 0.1) is 0 Å². The third-order valence-corrected chi connectivity index (χ3v) is 4.66. The lowest BCUT2D eigenvalue weighted by molar-refractivity contribution is 0.265. The van der Waals surface area contributed by atoms with Crippen LogP contribution < -0.4 is 20.5 Å². The van der Waals surface area contributed by atoms with Crippen LogP contribution in [0.1, 0.15) is 38.8 Å². The van der Waals surface area contributed by atoms with Crippen LogP contribution in [0.15, 0.2) is 47.5 Å². The Morgan fingerprint density at radius 2 is 1.76 bits per heavy atom. The molecule has 0 saturated heterocycles. The molecule has 0 aliphatic carbocycles. The summed E-state index contributed by atoms with van der Waals surface area (Å²) in [6.45, 7) is 10.8. The van der Waals surface area contributed by atoms with E-state index in [1.165, 1.54) is 5.56 Å². The van der Waals surface area contributed by atoms with Crippen LogP contribution in [0.5, 0.6) is 11.5 Å². The van der Waals surface area contributed by atoms with Crippen LogP contribution in [0.2, 0.25) is 0 Å². The first-order valence-corrected chi connectivity index (χ1v) is 10.2. The van der Waals surface area contributed by atoms with Crippen molar-refractivity contribution in [1.29, 1.82) is 0 Å². The van der Waals surface area contributed by atoms with Crippen molar-refractivity contribution in [2.45, 2.75) is 46.8 Å². The van der Waals surface area contributed by atoms with Crippen LogP contribution in [0.4, 0.5) is 5.69 Å². The van der Waals surface area contributed by atoms with Crippen molar-refractivity contribution >= 4 is 11.6 Å². The van der Waals surface area contributed by atoms with Gasteiger partial charge in [0.1, 0.15) is 11.5 Å². The second-order valence-corrected chi connectivity index (χ2v) is 7.13. The molecule has 0 atom stereocenters. The maximum absolute atomic E-state index is 6.17. The first kappa shape index (κ1) is 22.6. The van der Waals surface area contributed by atoms with E-state index in [2.05, 4.69) is 54.3 Å². The number of anilines is 1. The van der Waals surface area contributed by atoms with Gasteiger partial charge in [-0.05, 0) is 58.0 Å². The van der Waals surface area contributed by atoms with Crippen LogP contribution in [0.3, 0.4) is 0 Å². The number of benzene rings is 2. The minimum absolute atomic E-state index is 0.339. The van der Waals surface area contributed by atoms with Gasteiger partial charge in [0.15, 0.2) is 5.96 Å². The van der Waals surface area contributed by atoms with E-state index in [1.807, 2.05) is 38.1 Å². The van der Waals surface area contributed by atoms with Crippen molar-refractivity contribution in [3.63, 3.8) is 0 Å². The van der Waals surface area contributed by atoms with Gasteiger partial charge in [0.05, 0.1) is 25.4 Å². The molecule has 0 aliphatic rings. The lowest BCUT2D eigenvalue weighted by Gasteiger charge is -2.22. The number of rotatable bonds is 10. The van der Waals surface area contributed by atoms with Crippen LogP contribution in [0.25, 0.3) is 0 Å². The molecule has 0 fully saturated rings. The molecule has 0 heterocycles. The largest absolute Gasteiger partial charge is 0.494 e. The van der Waals surface area contributed by atoms with E-state index in [9.17, 15) is 0 Å². The average molecular weight is 399 g/mol. The fraction of sp³-hybridized carbons (Fsp3) is 0.435. The Kier molecular flexibility index (Phi) is 8.80. The van der Waals surface area contributed by atoms with E-state index in [0.717, 1.165) is 23.5 Å². The van der Waals surface area contributed by atoms with E-state index in [-0.39, 0.29) is 0 Å². The van der Waals surface area contributed by atoms with E-state index < -0.39 is 0 Å². The molecule has 2 aromatic rings. The third kappa shape index (κ3) is 6.98. The molecule has 2 aromatic carbocycles. The SMILES string of the molecule is CCOc1ccc(OCC)c(NC(N)=NCc2ccccc2CN(C)C(C)C)c1. The van der Waals surface area contributed by atoms with E-state index in [1.54, 1.807) is 0 Å². The monoisotopic (exact) mass is 398 g/mol. The van der Waals surface area contributed by atoms with Gasteiger partial charge in [-0.25, -0.2) is 4.99 Å². The van der Waals surface area contributed by atoms with Crippen molar-refractivity contribution in [2.24, 2.45) is 10.7 Å². The van der Waals surface area contributed by atoms with Gasteiger partial charge in [0.2, 0.25) is 0 Å². The summed E-state index contributed by atoms with van der Waals surface area (Å²) in [5.41, 5.74) is 9.34. The highest BCUT2D eigenvalue weighted by Crippen LogP contribution is 2.29. The summed E-state index contributed by atoms with van der Waals surface area (Å²) in [6.07, 6.45) is 0. The molecular formula is C23H34N4O2. The lowest BCUT2D eigenvalue weighted by Crippen LogP contribution is -2.26. The normalized spacial score (nSPS) is 11.8. The first-order chi connectivity index (χ1) is 13.9. The molecule has 0 unspecified atom stereocenters. The molecule has 158 valence electrons. The number of guanidine groups is 1. The summed E-state index contributed by atoms with van der Waals surface area (Å²) in [6, 6.07) is 14.5. The second-order valence-electron chi connectivity index (χ2n) is 7.13. The van der Waals surface area contributed by atoms with Gasteiger partial charge < -0.3 is 20.5 Å². The van der Waals surface area contributed by atoms with Gasteiger partial charge >= 0.3 is 0 Å². The topological polar surface area (TPSA) is 72.1 Å². The molecule has 0 aromatic heterocycles. The maximum Gasteiger partial charge on any atom is 0.193 e. The summed E-state index contributed by atoms with van der Waals surface area (Å²) in [5, 5.41) is 3.16. The van der Waals surface area contributed by atoms with Gasteiger partial charge in [-0.2, -0.15) is 0 Å². The number of nitrogens with two attached hydrogens (primary N) is 1. The van der Waals surface area contributed by atoms with E-state index >= 15 is 0 Å². The lowest BCUT2D eigenvalue weighted by atomic mass is 10.1. The predicted molar refractivity (Wildman–Crippen MR) is 121 cm³/mol. The minimum Gasteiger partial charge on any atom is -0.494 e. The molecule has 0 aliphatic heterocycles. The standard InChI is InChI=1S/C23H34N4O2/c1-6-28-20-12-13-22(29-7-2)21(14-20)26-23(24)25-15-18-10-8-9-11-19(18)16-27(5)17(3)4/h8-14,17H,6-7,15-16H2,1-5H3,(H3,24,25,26). The van der Waals surface area contributed by atoms with Crippen LogP contribution in [-0.2, 0) is 13.1 Å². The Balaban J connectivity index is 2.14. The van der Waals surface area contributed by atoms with Crippen LogP contribution in [-0.4, -0.2) is 37.2 Å². The van der Waals surface area contributed by atoms with Gasteiger partial charge in [0, 0.05) is 18.7 Å². The van der Waals surface area contributed by atoms with Gasteiger partial charge in [-0.3, -0.25) is 4.90 Å². The summed E-state index contributed by atoms with van der Waals surface area (Å²) < 4.78 is 11.3. The summed E-state index contributed by atoms with van der Waals surface area (Å²) in [4.78, 5) is 6.85. The molecule has 0 bridgehead atoms. The second kappa shape index (κ2) is 11.3. The molecule has 6 heteroatoms. The van der Waals surface area contributed by atoms with Crippen molar-refractivity contribution in [1.82, 2.24) is 4.90 Å². The first-order valence-electron chi connectivity index (χ1n) is 10.2. The summed E-state index contributed by atoms with van der Waals surface area (Å²) in [7, 11) is 2.13. The van der Waals surface area contributed by atoms with Crippen molar-refractivity contribution < 1.29 is 9.47 Å². The highest BCUT2D eigenvalue weighted by atomic mass is 16.5.